The van der Waals surface area contributed by atoms with Gasteiger partial charge in [-0.2, -0.15) is 9.41 Å². The number of hydrogen-bond acceptors (Lipinski definition) is 8. The molecule has 184 valence electrons. The van der Waals surface area contributed by atoms with E-state index in [1.165, 1.54) is 33.7 Å². The van der Waals surface area contributed by atoms with E-state index in [1.54, 1.807) is 5.01 Å². The van der Waals surface area contributed by atoms with Crippen LogP contribution >= 0.6 is 23.1 Å². The maximum atomic E-state index is 14.8. The SMILES string of the molecule is CS(=O)(=O)N1Cc2nc(N3N=C(c4cc(F)ccc4F)SC3(CCCN)c3ccccc3)sc2C1. The Morgan fingerprint density at radius 3 is 2.60 bits per heavy atom. The van der Waals surface area contributed by atoms with E-state index in [0.717, 1.165) is 28.6 Å². The fraction of sp³-hybridized carbons (Fsp3) is 0.304. The summed E-state index contributed by atoms with van der Waals surface area (Å²) < 4.78 is 54.2. The number of nitrogens with two attached hydrogens (primary N) is 1. The van der Waals surface area contributed by atoms with Crippen molar-refractivity contribution in [2.45, 2.75) is 30.8 Å². The van der Waals surface area contributed by atoms with Gasteiger partial charge in [0.1, 0.15) is 21.5 Å². The Kier molecular flexibility index (Phi) is 6.43. The highest BCUT2D eigenvalue weighted by atomic mass is 32.2. The first-order valence-electron chi connectivity index (χ1n) is 10.9. The summed E-state index contributed by atoms with van der Waals surface area (Å²) in [5.41, 5.74) is 7.58. The number of anilines is 1. The van der Waals surface area contributed by atoms with Gasteiger partial charge in [-0.05, 0) is 43.1 Å². The zero-order valence-corrected chi connectivity index (χ0v) is 21.3. The topological polar surface area (TPSA) is 91.9 Å². The summed E-state index contributed by atoms with van der Waals surface area (Å²) in [5.74, 6) is -1.12. The van der Waals surface area contributed by atoms with Crippen LogP contribution in [0.2, 0.25) is 0 Å². The van der Waals surface area contributed by atoms with E-state index in [2.05, 4.69) is 0 Å². The molecule has 0 saturated carbocycles. The molecule has 1 atom stereocenters. The van der Waals surface area contributed by atoms with Crippen LogP contribution in [-0.4, -0.2) is 35.6 Å². The molecule has 0 spiro atoms. The van der Waals surface area contributed by atoms with Gasteiger partial charge >= 0.3 is 0 Å². The van der Waals surface area contributed by atoms with Crippen LogP contribution in [0.3, 0.4) is 0 Å². The quantitative estimate of drug-likeness (QED) is 0.488. The molecule has 5 rings (SSSR count). The largest absolute Gasteiger partial charge is 0.330 e. The van der Waals surface area contributed by atoms with Crippen molar-refractivity contribution in [3.8, 4) is 0 Å². The van der Waals surface area contributed by atoms with Crippen LogP contribution in [0.4, 0.5) is 13.9 Å². The van der Waals surface area contributed by atoms with E-state index in [0.29, 0.717) is 35.3 Å². The van der Waals surface area contributed by atoms with Crippen molar-refractivity contribution in [2.75, 3.05) is 17.8 Å². The third-order valence-corrected chi connectivity index (χ3v) is 9.66. The molecule has 12 heteroatoms. The standard InChI is InChI=1S/C23H23F2N5O2S3/c1-35(31,32)29-13-19-20(14-29)33-22(27-19)30-23(10-5-11-26,15-6-3-2-4-7-15)34-21(28-30)17-12-16(24)8-9-18(17)25/h2-4,6-9,12H,5,10-11,13-14,26H2,1H3. The fourth-order valence-electron chi connectivity index (χ4n) is 4.21. The normalized spacial score (nSPS) is 20.3. The number of hydrogen-bond donors (Lipinski definition) is 1. The number of thioether (sulfide) groups is 1. The van der Waals surface area contributed by atoms with Crippen LogP contribution in [0.5, 0.6) is 0 Å². The lowest BCUT2D eigenvalue weighted by Gasteiger charge is -2.35. The predicted octanol–water partition coefficient (Wildman–Crippen LogP) is 4.20. The van der Waals surface area contributed by atoms with E-state index in [-0.39, 0.29) is 18.7 Å². The van der Waals surface area contributed by atoms with Crippen LogP contribution in [0, 0.1) is 11.6 Å². The number of aromatic nitrogens is 1. The molecule has 0 saturated heterocycles. The lowest BCUT2D eigenvalue weighted by molar-refractivity contribution is 0.435. The van der Waals surface area contributed by atoms with E-state index in [9.17, 15) is 17.2 Å². The molecular weight excluding hydrogens is 512 g/mol. The Balaban J connectivity index is 1.62. The van der Waals surface area contributed by atoms with Crippen molar-refractivity contribution < 1.29 is 17.2 Å². The Morgan fingerprint density at radius 2 is 1.91 bits per heavy atom. The fourth-order valence-corrected chi connectivity index (χ4v) is 7.60. The van der Waals surface area contributed by atoms with Gasteiger partial charge in [-0.25, -0.2) is 27.2 Å². The molecule has 2 aromatic carbocycles. The van der Waals surface area contributed by atoms with Crippen molar-refractivity contribution in [3.05, 3.63) is 81.9 Å². The molecule has 1 aromatic heterocycles. The van der Waals surface area contributed by atoms with Crippen molar-refractivity contribution in [2.24, 2.45) is 10.8 Å². The molecule has 7 nitrogen and oxygen atoms in total. The van der Waals surface area contributed by atoms with Crippen molar-refractivity contribution in [3.63, 3.8) is 0 Å². The summed E-state index contributed by atoms with van der Waals surface area (Å²) in [6.45, 7) is 0.898. The highest BCUT2D eigenvalue weighted by Crippen LogP contribution is 2.53. The summed E-state index contributed by atoms with van der Waals surface area (Å²) in [7, 11) is -3.34. The van der Waals surface area contributed by atoms with Gasteiger partial charge in [0.15, 0.2) is 0 Å². The number of fused-ring (bicyclic) bond motifs is 1. The average Bonchev–Trinajstić information content (AvgIpc) is 3.51. The van der Waals surface area contributed by atoms with Gasteiger partial charge in [-0.3, -0.25) is 0 Å². The molecule has 0 bridgehead atoms. The highest BCUT2D eigenvalue weighted by Gasteiger charge is 2.48. The third-order valence-electron chi connectivity index (χ3n) is 5.97. The zero-order chi connectivity index (χ0) is 24.8. The molecule has 0 aliphatic carbocycles. The molecule has 0 radical (unpaired) electrons. The van der Waals surface area contributed by atoms with Crippen molar-refractivity contribution >= 4 is 43.3 Å². The van der Waals surface area contributed by atoms with Gasteiger partial charge in [0.25, 0.3) is 0 Å². The minimum absolute atomic E-state index is 0.0814. The maximum absolute atomic E-state index is 14.8. The molecule has 3 heterocycles. The van der Waals surface area contributed by atoms with Gasteiger partial charge in [0.05, 0.1) is 25.0 Å². The van der Waals surface area contributed by atoms with E-state index < -0.39 is 26.5 Å². The summed E-state index contributed by atoms with van der Waals surface area (Å²) in [6, 6.07) is 13.0. The minimum atomic E-state index is -3.34. The van der Waals surface area contributed by atoms with Gasteiger partial charge < -0.3 is 5.73 Å². The van der Waals surface area contributed by atoms with Crippen molar-refractivity contribution in [1.29, 1.82) is 0 Å². The molecule has 35 heavy (non-hydrogen) atoms. The van der Waals surface area contributed by atoms with E-state index in [1.807, 2.05) is 30.3 Å². The van der Waals surface area contributed by atoms with Gasteiger partial charge in [0, 0.05) is 10.4 Å². The number of thiazole rings is 1. The predicted molar refractivity (Wildman–Crippen MR) is 136 cm³/mol. The molecule has 2 aliphatic rings. The molecule has 2 aliphatic heterocycles. The molecular formula is C23H23F2N5O2S3. The molecule has 1 unspecified atom stereocenters. The number of hydrazone groups is 1. The highest BCUT2D eigenvalue weighted by molar-refractivity contribution is 8.15. The van der Waals surface area contributed by atoms with Gasteiger partial charge in [-0.15, -0.1) is 0 Å². The van der Waals surface area contributed by atoms with Crippen LogP contribution < -0.4 is 10.7 Å². The molecule has 0 fully saturated rings. The zero-order valence-electron chi connectivity index (χ0n) is 18.8. The number of sulfonamides is 1. The van der Waals surface area contributed by atoms with Crippen LogP contribution in [-0.2, 0) is 28.0 Å². The van der Waals surface area contributed by atoms with Gasteiger partial charge in [0.2, 0.25) is 15.2 Å². The second-order valence-corrected chi connectivity index (χ2v) is 12.7. The van der Waals surface area contributed by atoms with Gasteiger partial charge in [-0.1, -0.05) is 53.4 Å². The second kappa shape index (κ2) is 9.25. The first-order chi connectivity index (χ1) is 16.7. The van der Waals surface area contributed by atoms with Crippen LogP contribution in [0.25, 0.3) is 0 Å². The number of halogens is 2. The summed E-state index contributed by atoms with van der Waals surface area (Å²) >= 11 is 2.71. The number of nitrogens with zero attached hydrogens (tertiary/aromatic N) is 4. The molecule has 3 aromatic rings. The Bertz CT molecular complexity index is 1370. The lowest BCUT2D eigenvalue weighted by atomic mass is 10.0. The average molecular weight is 536 g/mol. The Labute approximate surface area is 210 Å². The molecule has 2 N–H and O–H groups in total. The maximum Gasteiger partial charge on any atom is 0.211 e. The molecule has 0 amide bonds. The second-order valence-electron chi connectivity index (χ2n) is 8.38. The van der Waals surface area contributed by atoms with Crippen LogP contribution in [0.1, 0.15) is 34.5 Å². The van der Waals surface area contributed by atoms with E-state index in [4.69, 9.17) is 15.8 Å². The first-order valence-corrected chi connectivity index (χ1v) is 14.4. The number of rotatable bonds is 7. The van der Waals surface area contributed by atoms with Crippen molar-refractivity contribution in [1.82, 2.24) is 9.29 Å². The summed E-state index contributed by atoms with van der Waals surface area (Å²) in [4.78, 5) is 4.82. The number of benzene rings is 2. The lowest BCUT2D eigenvalue weighted by Crippen LogP contribution is -2.38. The van der Waals surface area contributed by atoms with E-state index >= 15 is 0 Å². The Hall–Kier alpha value is -2.38. The summed E-state index contributed by atoms with van der Waals surface area (Å²) in [5, 5.41) is 7.47. The summed E-state index contributed by atoms with van der Waals surface area (Å²) in [6.07, 6.45) is 2.43. The third kappa shape index (κ3) is 4.49. The Morgan fingerprint density at radius 1 is 1.14 bits per heavy atom. The smallest absolute Gasteiger partial charge is 0.211 e. The monoisotopic (exact) mass is 535 g/mol. The van der Waals surface area contributed by atoms with Crippen LogP contribution in [0.15, 0.2) is 53.6 Å². The minimum Gasteiger partial charge on any atom is -0.330 e. The first kappa shape index (κ1) is 24.3.